The van der Waals surface area contributed by atoms with Gasteiger partial charge >= 0.3 is 13.5 Å². The highest BCUT2D eigenvalue weighted by atomic mass is 32.2. The molecule has 0 bridgehead atoms. The molecule has 2 unspecified atom stereocenters. The van der Waals surface area contributed by atoms with Gasteiger partial charge < -0.3 is 18.2 Å². The van der Waals surface area contributed by atoms with E-state index in [-0.39, 0.29) is 13.5 Å². The van der Waals surface area contributed by atoms with Gasteiger partial charge in [-0.05, 0) is 0 Å². The van der Waals surface area contributed by atoms with Gasteiger partial charge in [0.2, 0.25) is 0 Å². The van der Waals surface area contributed by atoms with Crippen molar-refractivity contribution in [2.45, 2.75) is 0 Å². The van der Waals surface area contributed by atoms with Gasteiger partial charge in [0.05, 0.1) is 22.7 Å². The van der Waals surface area contributed by atoms with Gasteiger partial charge in [-0.3, -0.25) is 0 Å². The van der Waals surface area contributed by atoms with Gasteiger partial charge in [-0.2, -0.15) is 0 Å². The summed E-state index contributed by atoms with van der Waals surface area (Å²) in [5.74, 6) is 0. The van der Waals surface area contributed by atoms with E-state index < -0.39 is 22.7 Å². The molecule has 0 saturated carbocycles. The van der Waals surface area contributed by atoms with Gasteiger partial charge in [-0.15, -0.1) is 0 Å². The van der Waals surface area contributed by atoms with Crippen LogP contribution in [-0.4, -0.2) is 26.6 Å². The third-order valence-electron chi connectivity index (χ3n) is 0. The zero-order chi connectivity index (χ0) is 7.15. The van der Waals surface area contributed by atoms with Gasteiger partial charge in [0.15, 0.2) is 0 Å². The van der Waals surface area contributed by atoms with Gasteiger partial charge in [-0.1, -0.05) is 0 Å². The Labute approximate surface area is 63.3 Å². The second-order valence-corrected chi connectivity index (χ2v) is 1.30. The Hall–Kier alpha value is 0.490. The Morgan fingerprint density at radius 2 is 1.00 bits per heavy atom. The summed E-state index contributed by atoms with van der Waals surface area (Å²) in [5, 5.41) is 0. The molecule has 0 aliphatic rings. The van der Waals surface area contributed by atoms with E-state index >= 15 is 0 Å². The van der Waals surface area contributed by atoms with Gasteiger partial charge in [0.1, 0.15) is 0 Å². The van der Waals surface area contributed by atoms with Crippen LogP contribution in [0, 0.1) is 0 Å². The van der Waals surface area contributed by atoms with Gasteiger partial charge in [-0.25, -0.2) is 8.42 Å². The molecule has 0 aromatic rings. The first kappa shape index (κ1) is 16.2. The van der Waals surface area contributed by atoms with Crippen molar-refractivity contribution >= 4 is 36.2 Å². The Morgan fingerprint density at radius 3 is 1.00 bits per heavy atom. The first-order valence-electron chi connectivity index (χ1n) is 1.03. The monoisotopic (exact) mass is 194 g/mol. The van der Waals surface area contributed by atoms with Crippen molar-refractivity contribution in [2.75, 3.05) is 0 Å². The van der Waals surface area contributed by atoms with Crippen molar-refractivity contribution in [1.29, 1.82) is 0 Å². The molecule has 0 amide bonds. The molecule has 4 radical (unpaired) electrons. The molecule has 2 atom stereocenters. The lowest BCUT2D eigenvalue weighted by Crippen LogP contribution is -1.75. The van der Waals surface area contributed by atoms with E-state index in [1.165, 1.54) is 0 Å². The minimum atomic E-state index is -2.86. The molecule has 0 aliphatic carbocycles. The predicted octanol–water partition coefficient (Wildman–Crippen LogP) is -1.33. The van der Waals surface area contributed by atoms with Crippen molar-refractivity contribution < 1.29 is 26.6 Å². The largest absolute Gasteiger partial charge is 2.00 e. The van der Waals surface area contributed by atoms with E-state index in [9.17, 15) is 0 Å². The molecular formula is H2O6S3. The average Bonchev–Trinajstić information content (AvgIpc) is 1.25. The summed E-state index contributed by atoms with van der Waals surface area (Å²) < 4.78 is 48.2. The maximum Gasteiger partial charge on any atom is 2.00 e. The molecule has 0 aliphatic heterocycles. The van der Waals surface area contributed by atoms with E-state index in [0.29, 0.717) is 0 Å². The molecule has 0 heterocycles. The Morgan fingerprint density at radius 1 is 1.00 bits per heavy atom. The van der Waals surface area contributed by atoms with Crippen molar-refractivity contribution in [1.82, 2.24) is 0 Å². The summed E-state index contributed by atoms with van der Waals surface area (Å²) in [6.07, 6.45) is 0. The summed E-state index contributed by atoms with van der Waals surface area (Å²) in [4.78, 5) is 0. The average molecular weight is 194 g/mol. The predicted molar refractivity (Wildman–Crippen MR) is 30.5 cm³/mol. The molecule has 9 heavy (non-hydrogen) atoms. The molecule has 0 aromatic carbocycles. The fourth-order valence-electron chi connectivity index (χ4n) is 0. The van der Waals surface area contributed by atoms with Crippen LogP contribution in [0.3, 0.4) is 0 Å². The summed E-state index contributed by atoms with van der Waals surface area (Å²) in [6, 6.07) is 0. The minimum absolute atomic E-state index is 0. The molecule has 0 rings (SSSR count). The second kappa shape index (κ2) is 11.3. The highest BCUT2D eigenvalue weighted by Crippen LogP contribution is 1.43. The summed E-state index contributed by atoms with van der Waals surface area (Å²) in [6.45, 7) is 0. The molecule has 9 heteroatoms. The van der Waals surface area contributed by atoms with Gasteiger partial charge in [0, 0.05) is 0 Å². The third kappa shape index (κ3) is 1490. The third-order valence-corrected chi connectivity index (χ3v) is 0. The summed E-state index contributed by atoms with van der Waals surface area (Å²) in [7, 11) is 0. The van der Waals surface area contributed by atoms with Crippen molar-refractivity contribution in [3.05, 3.63) is 0 Å². The summed E-state index contributed by atoms with van der Waals surface area (Å²) in [5.41, 5.74) is 0. The quantitative estimate of drug-likeness (QED) is 0.461. The molecule has 2 N–H and O–H groups in total. The SMILES string of the molecule is O=S([O-])O.O=S([O-])O.[S+2]. The first-order valence-corrected chi connectivity index (χ1v) is 3.10. The zero-order valence-corrected chi connectivity index (χ0v) is 6.20. The minimum Gasteiger partial charge on any atom is -0.750 e. The molecule has 6 nitrogen and oxygen atoms in total. The molecule has 0 fully saturated rings. The van der Waals surface area contributed by atoms with E-state index in [1.807, 2.05) is 0 Å². The molecule has 0 saturated heterocycles. The van der Waals surface area contributed by atoms with Crippen molar-refractivity contribution in [3.63, 3.8) is 0 Å². The fourth-order valence-corrected chi connectivity index (χ4v) is 0. The number of hydrogen-bond donors (Lipinski definition) is 2. The normalized spacial score (nSPS) is 13.8. The maximum atomic E-state index is 8.56. The zero-order valence-electron chi connectivity index (χ0n) is 3.75. The van der Waals surface area contributed by atoms with E-state index in [1.54, 1.807) is 0 Å². The number of rotatable bonds is 0. The van der Waals surface area contributed by atoms with Crippen LogP contribution < -0.4 is 0 Å². The standard InChI is InChI=1S/2H2O3S.S/c2*1-4(2)3;/h2*(H2,1,2,3);/q;;+2/p-2. The van der Waals surface area contributed by atoms with E-state index in [2.05, 4.69) is 0 Å². The Balaban J connectivity index is -0.0000000720. The highest BCUT2D eigenvalue weighted by Gasteiger charge is 2.00. The van der Waals surface area contributed by atoms with Crippen LogP contribution in [0.1, 0.15) is 0 Å². The molecule has 0 aromatic heterocycles. The Kier molecular flexibility index (Phi) is 20.4. The van der Waals surface area contributed by atoms with Crippen LogP contribution in [-0.2, 0) is 36.2 Å². The van der Waals surface area contributed by atoms with Crippen LogP contribution in [0.15, 0.2) is 0 Å². The topological polar surface area (TPSA) is 121 Å². The second-order valence-electron chi connectivity index (χ2n) is 0.434. The lowest BCUT2D eigenvalue weighted by molar-refractivity contribution is 0.434. The highest BCUT2D eigenvalue weighted by molar-refractivity contribution is 7.73. The van der Waals surface area contributed by atoms with Crippen LogP contribution in [0.4, 0.5) is 0 Å². The molecule has 56 valence electrons. The summed E-state index contributed by atoms with van der Waals surface area (Å²) >= 11 is -5.72. The van der Waals surface area contributed by atoms with Crippen LogP contribution in [0.5, 0.6) is 0 Å². The van der Waals surface area contributed by atoms with Gasteiger partial charge in [0.25, 0.3) is 0 Å². The van der Waals surface area contributed by atoms with Crippen LogP contribution in [0.25, 0.3) is 0 Å². The molecular weight excluding hydrogens is 192 g/mol. The van der Waals surface area contributed by atoms with Crippen molar-refractivity contribution in [3.8, 4) is 0 Å². The van der Waals surface area contributed by atoms with E-state index in [4.69, 9.17) is 26.6 Å². The maximum absolute atomic E-state index is 8.56. The smallest absolute Gasteiger partial charge is 0.750 e. The van der Waals surface area contributed by atoms with Crippen LogP contribution >= 0.6 is 0 Å². The Bertz CT molecular complexity index is 66.3. The molecule has 0 spiro atoms. The lowest BCUT2D eigenvalue weighted by atomic mass is 15.8. The number of hydrogen-bond acceptors (Lipinski definition) is 4. The van der Waals surface area contributed by atoms with Crippen LogP contribution in [0.2, 0.25) is 0 Å². The first-order chi connectivity index (χ1) is 3.46. The van der Waals surface area contributed by atoms with Crippen molar-refractivity contribution in [2.24, 2.45) is 0 Å². The van der Waals surface area contributed by atoms with E-state index in [0.717, 1.165) is 0 Å². The fraction of sp³-hybridized carbons (Fsp3) is 0. The lowest BCUT2D eigenvalue weighted by Gasteiger charge is -1.83.